The van der Waals surface area contributed by atoms with Crippen molar-refractivity contribution < 1.29 is 0 Å². The van der Waals surface area contributed by atoms with Crippen LogP contribution in [0.2, 0.25) is 0 Å². The Balaban J connectivity index is 2.20. The summed E-state index contributed by atoms with van der Waals surface area (Å²) in [4.78, 5) is 0. The number of nitrogens with two attached hydrogens (primary N) is 1. The first-order valence-electron chi connectivity index (χ1n) is 4.87. The van der Waals surface area contributed by atoms with Gasteiger partial charge in [0.2, 0.25) is 0 Å². The van der Waals surface area contributed by atoms with Crippen LogP contribution in [0.3, 0.4) is 0 Å². The SMILES string of the molecule is CC1C2CCC1C(C)(CN)C2. The molecule has 2 fully saturated rings. The maximum absolute atomic E-state index is 5.82. The van der Waals surface area contributed by atoms with Gasteiger partial charge in [-0.25, -0.2) is 0 Å². The summed E-state index contributed by atoms with van der Waals surface area (Å²) < 4.78 is 0. The molecule has 0 aromatic rings. The number of hydrogen-bond donors (Lipinski definition) is 1. The Bertz CT molecular complexity index is 166. The molecule has 4 unspecified atom stereocenters. The minimum absolute atomic E-state index is 0.502. The predicted molar refractivity (Wildman–Crippen MR) is 47.2 cm³/mol. The molecule has 2 bridgehead atoms. The predicted octanol–water partition coefficient (Wildman–Crippen LogP) is 2.02. The van der Waals surface area contributed by atoms with Crippen molar-refractivity contribution in [3.05, 3.63) is 0 Å². The normalized spacial score (nSPS) is 55.4. The van der Waals surface area contributed by atoms with Gasteiger partial charge in [-0.1, -0.05) is 13.8 Å². The Hall–Kier alpha value is -0.0400. The Kier molecular flexibility index (Phi) is 1.54. The first kappa shape index (κ1) is 7.60. The molecule has 1 heteroatoms. The van der Waals surface area contributed by atoms with E-state index in [0.29, 0.717) is 5.41 Å². The van der Waals surface area contributed by atoms with Crippen molar-refractivity contribution in [2.75, 3.05) is 6.54 Å². The number of hydrogen-bond acceptors (Lipinski definition) is 1. The lowest BCUT2D eigenvalue weighted by molar-refractivity contribution is 0.190. The van der Waals surface area contributed by atoms with Crippen LogP contribution in [0.1, 0.15) is 33.1 Å². The lowest BCUT2D eigenvalue weighted by atomic mass is 9.74. The van der Waals surface area contributed by atoms with Crippen LogP contribution < -0.4 is 5.73 Å². The molecule has 1 nitrogen and oxygen atoms in total. The van der Waals surface area contributed by atoms with Gasteiger partial charge in [0.15, 0.2) is 0 Å². The zero-order valence-corrected chi connectivity index (χ0v) is 7.64. The molecule has 0 spiro atoms. The zero-order valence-electron chi connectivity index (χ0n) is 7.64. The average molecular weight is 153 g/mol. The zero-order chi connectivity index (χ0) is 8.06. The van der Waals surface area contributed by atoms with Gasteiger partial charge in [0.05, 0.1) is 0 Å². The molecule has 2 saturated carbocycles. The third-order valence-corrected chi connectivity index (χ3v) is 4.32. The summed E-state index contributed by atoms with van der Waals surface area (Å²) in [5.74, 6) is 2.91. The molecule has 64 valence electrons. The summed E-state index contributed by atoms with van der Waals surface area (Å²) in [5.41, 5.74) is 6.32. The Morgan fingerprint density at radius 1 is 1.45 bits per heavy atom. The fraction of sp³-hybridized carbons (Fsp3) is 1.00. The van der Waals surface area contributed by atoms with Crippen LogP contribution in [0, 0.1) is 23.2 Å². The maximum atomic E-state index is 5.82. The van der Waals surface area contributed by atoms with Crippen molar-refractivity contribution in [3.63, 3.8) is 0 Å². The molecule has 0 aromatic heterocycles. The Morgan fingerprint density at radius 3 is 2.45 bits per heavy atom. The van der Waals surface area contributed by atoms with Crippen LogP contribution in [-0.4, -0.2) is 6.54 Å². The van der Waals surface area contributed by atoms with Crippen LogP contribution in [0.5, 0.6) is 0 Å². The number of rotatable bonds is 1. The molecule has 0 aromatic carbocycles. The Morgan fingerprint density at radius 2 is 2.18 bits per heavy atom. The monoisotopic (exact) mass is 153 g/mol. The average Bonchev–Trinajstić information content (AvgIpc) is 2.44. The van der Waals surface area contributed by atoms with Crippen molar-refractivity contribution in [2.24, 2.45) is 28.9 Å². The smallest absolute Gasteiger partial charge is 0.00203 e. The molecule has 2 aliphatic carbocycles. The van der Waals surface area contributed by atoms with Gasteiger partial charge in [0, 0.05) is 0 Å². The molecule has 0 heterocycles. The third-order valence-electron chi connectivity index (χ3n) is 4.32. The Labute approximate surface area is 69.4 Å². The summed E-state index contributed by atoms with van der Waals surface area (Å²) in [6, 6.07) is 0. The van der Waals surface area contributed by atoms with E-state index >= 15 is 0 Å². The fourth-order valence-electron chi connectivity index (χ4n) is 3.50. The van der Waals surface area contributed by atoms with Crippen molar-refractivity contribution in [1.82, 2.24) is 0 Å². The highest BCUT2D eigenvalue weighted by atomic mass is 14.7. The summed E-state index contributed by atoms with van der Waals surface area (Å²) in [6.07, 6.45) is 4.32. The maximum Gasteiger partial charge on any atom is -0.00203 e. The van der Waals surface area contributed by atoms with Crippen molar-refractivity contribution in [1.29, 1.82) is 0 Å². The van der Waals surface area contributed by atoms with Crippen molar-refractivity contribution in [3.8, 4) is 0 Å². The summed E-state index contributed by atoms with van der Waals surface area (Å²) in [7, 11) is 0. The second-order valence-corrected chi connectivity index (χ2v) is 4.87. The first-order chi connectivity index (χ1) is 5.17. The molecule has 0 amide bonds. The topological polar surface area (TPSA) is 26.0 Å². The minimum atomic E-state index is 0.502. The van der Waals surface area contributed by atoms with E-state index in [2.05, 4.69) is 13.8 Å². The van der Waals surface area contributed by atoms with E-state index in [1.165, 1.54) is 19.3 Å². The quantitative estimate of drug-likeness (QED) is 0.612. The van der Waals surface area contributed by atoms with Crippen LogP contribution in [0.25, 0.3) is 0 Å². The summed E-state index contributed by atoms with van der Waals surface area (Å²) >= 11 is 0. The van der Waals surface area contributed by atoms with Gasteiger partial charge in [0.1, 0.15) is 0 Å². The van der Waals surface area contributed by atoms with Crippen molar-refractivity contribution >= 4 is 0 Å². The van der Waals surface area contributed by atoms with Crippen LogP contribution in [-0.2, 0) is 0 Å². The van der Waals surface area contributed by atoms with E-state index in [9.17, 15) is 0 Å². The molecular weight excluding hydrogens is 134 g/mol. The molecule has 2 rings (SSSR count). The second-order valence-electron chi connectivity index (χ2n) is 4.87. The minimum Gasteiger partial charge on any atom is -0.330 e. The van der Waals surface area contributed by atoms with Gasteiger partial charge in [-0.2, -0.15) is 0 Å². The summed E-state index contributed by atoms with van der Waals surface area (Å²) in [6.45, 7) is 5.70. The van der Waals surface area contributed by atoms with Gasteiger partial charge in [0.25, 0.3) is 0 Å². The van der Waals surface area contributed by atoms with E-state index in [1.807, 2.05) is 0 Å². The van der Waals surface area contributed by atoms with Gasteiger partial charge in [-0.15, -0.1) is 0 Å². The van der Waals surface area contributed by atoms with Gasteiger partial charge < -0.3 is 5.73 Å². The van der Waals surface area contributed by atoms with Gasteiger partial charge in [-0.05, 0) is 49.0 Å². The second kappa shape index (κ2) is 2.22. The molecule has 0 aliphatic heterocycles. The lowest BCUT2D eigenvalue weighted by Crippen LogP contribution is -2.33. The van der Waals surface area contributed by atoms with Gasteiger partial charge >= 0.3 is 0 Å². The van der Waals surface area contributed by atoms with E-state index in [4.69, 9.17) is 5.73 Å². The fourth-order valence-corrected chi connectivity index (χ4v) is 3.50. The lowest BCUT2D eigenvalue weighted by Gasteiger charge is -2.32. The highest BCUT2D eigenvalue weighted by Crippen LogP contribution is 2.58. The van der Waals surface area contributed by atoms with Crippen LogP contribution in [0.15, 0.2) is 0 Å². The molecule has 11 heavy (non-hydrogen) atoms. The van der Waals surface area contributed by atoms with Crippen LogP contribution in [0.4, 0.5) is 0 Å². The van der Waals surface area contributed by atoms with E-state index in [-0.39, 0.29) is 0 Å². The van der Waals surface area contributed by atoms with Crippen molar-refractivity contribution in [2.45, 2.75) is 33.1 Å². The molecule has 4 atom stereocenters. The molecular formula is C10H19N. The van der Waals surface area contributed by atoms with E-state index in [0.717, 1.165) is 24.3 Å². The molecule has 2 aliphatic rings. The highest BCUT2D eigenvalue weighted by Gasteiger charge is 2.51. The standard InChI is InChI=1S/C10H19N/c1-7-8-3-4-9(7)10(2,5-8)6-11/h7-9H,3-6,11H2,1-2H3. The molecule has 2 N–H and O–H groups in total. The molecule has 0 saturated heterocycles. The summed E-state index contributed by atoms with van der Waals surface area (Å²) in [5, 5.41) is 0. The first-order valence-corrected chi connectivity index (χ1v) is 4.87. The van der Waals surface area contributed by atoms with Crippen LogP contribution >= 0.6 is 0 Å². The highest BCUT2D eigenvalue weighted by molar-refractivity contribution is 5.01. The molecule has 0 radical (unpaired) electrons. The number of fused-ring (bicyclic) bond motifs is 2. The van der Waals surface area contributed by atoms with Gasteiger partial charge in [-0.3, -0.25) is 0 Å². The largest absolute Gasteiger partial charge is 0.330 e. The van der Waals surface area contributed by atoms with E-state index < -0.39 is 0 Å². The van der Waals surface area contributed by atoms with E-state index in [1.54, 1.807) is 0 Å². The third kappa shape index (κ3) is 0.868.